The summed E-state index contributed by atoms with van der Waals surface area (Å²) in [6.07, 6.45) is 75.5. The van der Waals surface area contributed by atoms with Crippen molar-refractivity contribution in [3.63, 3.8) is 0 Å². The zero-order valence-corrected chi connectivity index (χ0v) is 51.5. The Morgan fingerprint density at radius 3 is 1.09 bits per heavy atom. The van der Waals surface area contributed by atoms with Gasteiger partial charge in [-0.3, -0.25) is 9.59 Å². The molecule has 0 spiro atoms. The Balaban J connectivity index is 4.16. The summed E-state index contributed by atoms with van der Waals surface area (Å²) in [7, 11) is 5.92. The van der Waals surface area contributed by atoms with Crippen LogP contribution < -0.4 is 5.11 Å². The number of hydrogen-bond donors (Lipinski definition) is 0. The van der Waals surface area contributed by atoms with Crippen LogP contribution in [-0.4, -0.2) is 82.3 Å². The molecule has 0 aromatic heterocycles. The first-order valence-corrected chi connectivity index (χ1v) is 32.6. The Bertz CT molecular complexity index is 1510. The second kappa shape index (κ2) is 59.8. The fourth-order valence-electron chi connectivity index (χ4n) is 9.25. The van der Waals surface area contributed by atoms with Crippen LogP contribution in [0.5, 0.6) is 0 Å². The molecule has 0 saturated carbocycles. The van der Waals surface area contributed by atoms with Crippen molar-refractivity contribution < 1.29 is 42.9 Å². The number of carboxylic acid groups (broad SMARTS) is 1. The van der Waals surface area contributed by atoms with E-state index in [0.717, 1.165) is 83.5 Å². The molecule has 78 heavy (non-hydrogen) atoms. The highest BCUT2D eigenvalue weighted by atomic mass is 16.7. The molecule has 2 unspecified atom stereocenters. The van der Waals surface area contributed by atoms with Gasteiger partial charge < -0.3 is 33.3 Å². The molecule has 0 saturated heterocycles. The number of carboxylic acids is 1. The van der Waals surface area contributed by atoms with Crippen molar-refractivity contribution >= 4 is 17.9 Å². The number of aliphatic carboxylic acids is 1. The van der Waals surface area contributed by atoms with Gasteiger partial charge in [0.25, 0.3) is 0 Å². The monoisotopic (exact) mass is 1090 g/mol. The van der Waals surface area contributed by atoms with Crippen molar-refractivity contribution in [2.45, 2.75) is 302 Å². The number of allylic oxidation sites excluding steroid dienone is 12. The summed E-state index contributed by atoms with van der Waals surface area (Å²) in [4.78, 5) is 37.4. The molecule has 0 aliphatic heterocycles. The highest BCUT2D eigenvalue weighted by molar-refractivity contribution is 5.70. The molecule has 452 valence electrons. The lowest BCUT2D eigenvalue weighted by atomic mass is 10.0. The van der Waals surface area contributed by atoms with Crippen LogP contribution in [0.25, 0.3) is 0 Å². The van der Waals surface area contributed by atoms with E-state index in [-0.39, 0.29) is 38.6 Å². The average Bonchev–Trinajstić information content (AvgIpc) is 3.41. The smallest absolute Gasteiger partial charge is 0.306 e. The van der Waals surface area contributed by atoms with Crippen LogP contribution in [0.1, 0.15) is 290 Å². The minimum absolute atomic E-state index is 0.140. The fraction of sp³-hybridized carbons (Fsp3) is 0.783. The largest absolute Gasteiger partial charge is 0.545 e. The van der Waals surface area contributed by atoms with Crippen LogP contribution in [0.4, 0.5) is 0 Å². The highest BCUT2D eigenvalue weighted by Crippen LogP contribution is 2.18. The molecule has 0 heterocycles. The first-order valence-electron chi connectivity index (χ1n) is 32.6. The van der Waals surface area contributed by atoms with Crippen LogP contribution in [-0.2, 0) is 33.3 Å². The molecule has 0 radical (unpaired) electrons. The summed E-state index contributed by atoms with van der Waals surface area (Å²) in [5.74, 6) is -2.31. The second-order valence-electron chi connectivity index (χ2n) is 23.0. The summed E-state index contributed by atoms with van der Waals surface area (Å²) in [6.45, 7) is 4.64. The van der Waals surface area contributed by atoms with Crippen molar-refractivity contribution in [3.05, 3.63) is 72.9 Å². The van der Waals surface area contributed by atoms with Crippen molar-refractivity contribution in [2.24, 2.45) is 0 Å². The predicted molar refractivity (Wildman–Crippen MR) is 329 cm³/mol. The van der Waals surface area contributed by atoms with Crippen LogP contribution in [0.3, 0.4) is 0 Å². The van der Waals surface area contributed by atoms with E-state index in [1.807, 2.05) is 21.1 Å². The fourth-order valence-corrected chi connectivity index (χ4v) is 9.25. The third kappa shape index (κ3) is 60.4. The maximum Gasteiger partial charge on any atom is 0.306 e. The molecule has 0 aromatic rings. The molecule has 0 fully saturated rings. The number of ether oxygens (including phenoxy) is 4. The van der Waals surface area contributed by atoms with Crippen molar-refractivity contribution in [1.82, 2.24) is 0 Å². The quantitative estimate of drug-likeness (QED) is 0.0195. The zero-order chi connectivity index (χ0) is 56.9. The Morgan fingerprint density at radius 2 is 0.731 bits per heavy atom. The van der Waals surface area contributed by atoms with Gasteiger partial charge in [0.2, 0.25) is 0 Å². The van der Waals surface area contributed by atoms with Gasteiger partial charge in [0.1, 0.15) is 13.2 Å². The SMILES string of the molecule is CC/C=C\C/C=C\C/C=C\C/C=C\C/C=C\C/C=C\CCCCCCC(=O)OC(COC(=O)CCCCCCCCCCCCCCCCCCCCCCCCCCCCCCCC)COC(OCC[N+](C)(C)C)C(=O)[O-]. The van der Waals surface area contributed by atoms with Crippen LogP contribution in [0, 0.1) is 0 Å². The standard InChI is InChI=1S/C69H123NO8/c1-6-8-10-12-14-16-18-20-22-24-26-28-30-31-32-33-34-35-36-38-39-41-43-45-47-49-51-53-55-57-59-66(71)76-63-65(64-77-69(68(73)74)75-62-61-70(3,4)5)78-67(72)60-58-56-54-52-50-48-46-44-42-40-37-29-27-25-23-21-19-17-15-13-11-9-7-2/h9,11,15,17,21,23,27,29,40,42,46,48,65,69H,6-8,10,12-14,16,18-20,22,24-26,28,30-39,41,43-45,47,49-64H2,1-5H3/b11-9-,17-15-,23-21-,29-27-,42-40-,48-46-. The normalized spacial score (nSPS) is 13.2. The molecule has 9 nitrogen and oxygen atoms in total. The number of rotatable bonds is 60. The number of likely N-dealkylation sites (N-methyl/N-ethyl adjacent to an activating group) is 1. The zero-order valence-electron chi connectivity index (χ0n) is 51.5. The van der Waals surface area contributed by atoms with Gasteiger partial charge >= 0.3 is 11.9 Å². The van der Waals surface area contributed by atoms with Gasteiger partial charge in [-0.2, -0.15) is 0 Å². The van der Waals surface area contributed by atoms with Gasteiger partial charge in [0, 0.05) is 12.8 Å². The molecule has 9 heteroatoms. The number of nitrogens with zero attached hydrogens (tertiary/aromatic N) is 1. The summed E-state index contributed by atoms with van der Waals surface area (Å²) < 4.78 is 22.7. The Labute approximate surface area is 481 Å². The van der Waals surface area contributed by atoms with Gasteiger partial charge in [-0.25, -0.2) is 0 Å². The Kier molecular flexibility index (Phi) is 57.3. The van der Waals surface area contributed by atoms with Gasteiger partial charge in [-0.1, -0.05) is 286 Å². The second-order valence-corrected chi connectivity index (χ2v) is 23.0. The molecule has 0 aromatic carbocycles. The van der Waals surface area contributed by atoms with Crippen molar-refractivity contribution in [2.75, 3.05) is 47.5 Å². The van der Waals surface area contributed by atoms with E-state index in [1.165, 1.54) is 173 Å². The summed E-state index contributed by atoms with van der Waals surface area (Å²) in [5.41, 5.74) is 0. The van der Waals surface area contributed by atoms with E-state index >= 15 is 0 Å². The van der Waals surface area contributed by atoms with Crippen LogP contribution in [0.15, 0.2) is 72.9 Å². The molecule has 2 atom stereocenters. The summed E-state index contributed by atoms with van der Waals surface area (Å²) in [5, 5.41) is 11.8. The predicted octanol–water partition coefficient (Wildman–Crippen LogP) is 18.4. The number of quaternary nitrogens is 1. The Morgan fingerprint density at radius 1 is 0.397 bits per heavy atom. The molecule has 0 aliphatic rings. The third-order valence-electron chi connectivity index (χ3n) is 14.2. The minimum Gasteiger partial charge on any atom is -0.545 e. The summed E-state index contributed by atoms with van der Waals surface area (Å²) >= 11 is 0. The average molecular weight is 1090 g/mol. The number of carbonyl (C=O) groups excluding carboxylic acids is 3. The van der Waals surface area contributed by atoms with E-state index in [9.17, 15) is 19.5 Å². The third-order valence-corrected chi connectivity index (χ3v) is 14.2. The Hall–Kier alpha value is -3.27. The number of hydrogen-bond acceptors (Lipinski definition) is 8. The number of carbonyl (C=O) groups is 3. The van der Waals surface area contributed by atoms with E-state index < -0.39 is 24.3 Å². The van der Waals surface area contributed by atoms with E-state index in [2.05, 4.69) is 86.8 Å². The maximum atomic E-state index is 12.9. The molecule has 0 aliphatic carbocycles. The topological polar surface area (TPSA) is 111 Å². The highest BCUT2D eigenvalue weighted by Gasteiger charge is 2.22. The van der Waals surface area contributed by atoms with Crippen LogP contribution >= 0.6 is 0 Å². The van der Waals surface area contributed by atoms with Crippen molar-refractivity contribution in [3.8, 4) is 0 Å². The van der Waals surface area contributed by atoms with Gasteiger partial charge in [-0.05, 0) is 64.2 Å². The van der Waals surface area contributed by atoms with Crippen LogP contribution in [0.2, 0.25) is 0 Å². The lowest BCUT2D eigenvalue weighted by Crippen LogP contribution is -2.44. The molecule has 0 bridgehead atoms. The lowest BCUT2D eigenvalue weighted by Gasteiger charge is -2.26. The lowest BCUT2D eigenvalue weighted by molar-refractivity contribution is -0.870. The van der Waals surface area contributed by atoms with E-state index in [1.54, 1.807) is 0 Å². The minimum atomic E-state index is -1.63. The van der Waals surface area contributed by atoms with Gasteiger partial charge in [-0.15, -0.1) is 0 Å². The molecule has 0 amide bonds. The molecular formula is C69H123NO8. The molecule has 0 N–H and O–H groups in total. The summed E-state index contributed by atoms with van der Waals surface area (Å²) in [6, 6.07) is 0. The van der Waals surface area contributed by atoms with E-state index in [4.69, 9.17) is 18.9 Å². The molecule has 0 rings (SSSR count). The first kappa shape index (κ1) is 74.7. The maximum absolute atomic E-state index is 12.9. The molecular weight excluding hydrogens is 971 g/mol. The van der Waals surface area contributed by atoms with Crippen molar-refractivity contribution in [1.29, 1.82) is 0 Å². The number of unbranched alkanes of at least 4 members (excludes halogenated alkanes) is 33. The first-order chi connectivity index (χ1) is 38.1. The van der Waals surface area contributed by atoms with Gasteiger partial charge in [0.05, 0.1) is 40.3 Å². The number of esters is 2. The van der Waals surface area contributed by atoms with E-state index in [0.29, 0.717) is 17.4 Å². The van der Waals surface area contributed by atoms with Gasteiger partial charge in [0.15, 0.2) is 12.4 Å².